The van der Waals surface area contributed by atoms with Crippen molar-refractivity contribution >= 4 is 39.4 Å². The first-order chi connectivity index (χ1) is 15.0. The van der Waals surface area contributed by atoms with E-state index in [0.29, 0.717) is 21.7 Å². The normalized spacial score (nSPS) is 15.1. The molecule has 2 aromatic heterocycles. The van der Waals surface area contributed by atoms with E-state index in [1.54, 1.807) is 25.4 Å². The molecule has 0 radical (unpaired) electrons. The summed E-state index contributed by atoms with van der Waals surface area (Å²) in [6.45, 7) is 4.33. The molecule has 3 heterocycles. The SMILES string of the molecule is Cn1c(=O)oc2c(N3CCN(CCc4coc5ccc(C#N)cc45)CC3)cc(Cl)cc21. The van der Waals surface area contributed by atoms with E-state index in [-0.39, 0.29) is 5.76 Å². The number of anilines is 1. The maximum absolute atomic E-state index is 12.0. The van der Waals surface area contributed by atoms with Gasteiger partial charge in [0.15, 0.2) is 5.58 Å². The Morgan fingerprint density at radius 2 is 1.97 bits per heavy atom. The molecule has 7 nitrogen and oxygen atoms in total. The average Bonchev–Trinajstić information content (AvgIpc) is 3.32. The van der Waals surface area contributed by atoms with Crippen molar-refractivity contribution < 1.29 is 8.83 Å². The minimum absolute atomic E-state index is 0.385. The third-order valence-corrected chi connectivity index (χ3v) is 6.25. The number of benzene rings is 2. The van der Waals surface area contributed by atoms with Gasteiger partial charge in [0.05, 0.1) is 29.1 Å². The van der Waals surface area contributed by atoms with Crippen molar-refractivity contribution in [2.45, 2.75) is 6.42 Å². The van der Waals surface area contributed by atoms with Crippen LogP contribution in [0.15, 0.2) is 50.2 Å². The van der Waals surface area contributed by atoms with Gasteiger partial charge in [0.25, 0.3) is 0 Å². The van der Waals surface area contributed by atoms with Gasteiger partial charge in [-0.15, -0.1) is 0 Å². The zero-order chi connectivity index (χ0) is 21.5. The molecule has 0 spiro atoms. The van der Waals surface area contributed by atoms with E-state index in [2.05, 4.69) is 15.9 Å². The summed E-state index contributed by atoms with van der Waals surface area (Å²) in [5, 5.41) is 10.8. The van der Waals surface area contributed by atoms with Crippen LogP contribution in [-0.2, 0) is 13.5 Å². The first kappa shape index (κ1) is 19.7. The van der Waals surface area contributed by atoms with Crippen molar-refractivity contribution in [2.75, 3.05) is 37.6 Å². The monoisotopic (exact) mass is 436 g/mol. The molecule has 1 aliphatic heterocycles. The summed E-state index contributed by atoms with van der Waals surface area (Å²) in [5.41, 5.74) is 4.74. The van der Waals surface area contributed by atoms with Crippen LogP contribution in [0.3, 0.4) is 0 Å². The van der Waals surface area contributed by atoms with Crippen molar-refractivity contribution in [1.29, 1.82) is 5.26 Å². The Morgan fingerprint density at radius 3 is 2.74 bits per heavy atom. The van der Waals surface area contributed by atoms with Gasteiger partial charge in [0.2, 0.25) is 0 Å². The lowest BCUT2D eigenvalue weighted by Gasteiger charge is -2.36. The summed E-state index contributed by atoms with van der Waals surface area (Å²) in [6.07, 6.45) is 2.65. The number of nitriles is 1. The van der Waals surface area contributed by atoms with E-state index in [9.17, 15) is 4.79 Å². The average molecular weight is 437 g/mol. The fourth-order valence-electron chi connectivity index (χ4n) is 4.24. The number of nitrogens with zero attached hydrogens (tertiary/aromatic N) is 4. The predicted octanol–water partition coefficient (Wildman–Crippen LogP) is 3.77. The molecule has 8 heteroatoms. The van der Waals surface area contributed by atoms with Gasteiger partial charge in [0.1, 0.15) is 5.58 Å². The Balaban J connectivity index is 1.28. The zero-order valence-corrected chi connectivity index (χ0v) is 17.9. The number of fused-ring (bicyclic) bond motifs is 2. The number of hydrogen-bond donors (Lipinski definition) is 0. The van der Waals surface area contributed by atoms with Crippen molar-refractivity contribution in [3.63, 3.8) is 0 Å². The third kappa shape index (κ3) is 3.58. The fourth-order valence-corrected chi connectivity index (χ4v) is 4.45. The van der Waals surface area contributed by atoms with Gasteiger partial charge >= 0.3 is 5.76 Å². The molecule has 4 aromatic rings. The van der Waals surface area contributed by atoms with E-state index < -0.39 is 0 Å². The quantitative estimate of drug-likeness (QED) is 0.484. The number of oxazole rings is 1. The first-order valence-electron chi connectivity index (χ1n) is 10.2. The number of rotatable bonds is 4. The second-order valence-corrected chi connectivity index (χ2v) is 8.30. The van der Waals surface area contributed by atoms with Crippen LogP contribution in [0.25, 0.3) is 22.1 Å². The molecule has 5 rings (SSSR count). The van der Waals surface area contributed by atoms with Crippen molar-refractivity contribution in [3.8, 4) is 6.07 Å². The molecule has 31 heavy (non-hydrogen) atoms. The molecule has 0 atom stereocenters. The van der Waals surface area contributed by atoms with Crippen LogP contribution >= 0.6 is 11.6 Å². The molecule has 0 bridgehead atoms. The predicted molar refractivity (Wildman–Crippen MR) is 120 cm³/mol. The van der Waals surface area contributed by atoms with Gasteiger partial charge in [0, 0.05) is 50.2 Å². The molecule has 0 amide bonds. The number of piperazine rings is 1. The summed E-state index contributed by atoms with van der Waals surface area (Å²) < 4.78 is 12.6. The van der Waals surface area contributed by atoms with E-state index in [0.717, 1.165) is 61.4 Å². The molecular weight excluding hydrogens is 416 g/mol. The molecular formula is C23H21ClN4O3. The number of aromatic nitrogens is 1. The zero-order valence-electron chi connectivity index (χ0n) is 17.1. The summed E-state index contributed by atoms with van der Waals surface area (Å²) in [4.78, 5) is 16.6. The van der Waals surface area contributed by atoms with Crippen molar-refractivity contribution in [3.05, 3.63) is 63.3 Å². The largest absolute Gasteiger partial charge is 0.464 e. The van der Waals surface area contributed by atoms with Gasteiger partial charge < -0.3 is 13.7 Å². The Kier molecular flexibility index (Phi) is 4.97. The molecule has 0 aliphatic carbocycles. The van der Waals surface area contributed by atoms with E-state index in [1.165, 1.54) is 4.57 Å². The molecule has 158 valence electrons. The number of furan rings is 1. The Bertz CT molecular complexity index is 1370. The lowest BCUT2D eigenvalue weighted by Crippen LogP contribution is -2.47. The van der Waals surface area contributed by atoms with Crippen LogP contribution in [0.5, 0.6) is 0 Å². The summed E-state index contributed by atoms with van der Waals surface area (Å²) in [6, 6.07) is 11.3. The Labute approximate surface area is 183 Å². The maximum atomic E-state index is 12.0. The standard InChI is InChI=1S/C23H21ClN4O3/c1-26-19-11-17(24)12-20(22(19)31-23(26)29)28-8-6-27(7-9-28)5-4-16-14-30-21-3-2-15(13-25)10-18(16)21/h2-3,10-12,14H,4-9H2,1H3. The minimum Gasteiger partial charge on any atom is -0.464 e. The topological polar surface area (TPSA) is 78.6 Å². The van der Waals surface area contributed by atoms with Crippen LogP contribution in [0.4, 0.5) is 5.69 Å². The maximum Gasteiger partial charge on any atom is 0.419 e. The van der Waals surface area contributed by atoms with Crippen LogP contribution in [0.1, 0.15) is 11.1 Å². The summed E-state index contributed by atoms with van der Waals surface area (Å²) in [5.74, 6) is -0.385. The van der Waals surface area contributed by atoms with E-state index in [1.807, 2.05) is 18.2 Å². The molecule has 2 aromatic carbocycles. The van der Waals surface area contributed by atoms with E-state index >= 15 is 0 Å². The highest BCUT2D eigenvalue weighted by Gasteiger charge is 2.22. The molecule has 0 unspecified atom stereocenters. The molecule has 1 saturated heterocycles. The Morgan fingerprint density at radius 1 is 1.16 bits per heavy atom. The van der Waals surface area contributed by atoms with Gasteiger partial charge in [-0.1, -0.05) is 11.6 Å². The second-order valence-electron chi connectivity index (χ2n) is 7.86. The second kappa shape index (κ2) is 7.80. The van der Waals surface area contributed by atoms with Gasteiger partial charge in [-0.25, -0.2) is 4.79 Å². The van der Waals surface area contributed by atoms with E-state index in [4.69, 9.17) is 25.7 Å². The summed E-state index contributed by atoms with van der Waals surface area (Å²) in [7, 11) is 1.69. The van der Waals surface area contributed by atoms with Gasteiger partial charge in [-0.05, 0) is 42.3 Å². The van der Waals surface area contributed by atoms with Gasteiger partial charge in [-0.3, -0.25) is 9.47 Å². The number of hydrogen-bond acceptors (Lipinski definition) is 6. The van der Waals surface area contributed by atoms with Gasteiger partial charge in [-0.2, -0.15) is 5.26 Å². The third-order valence-electron chi connectivity index (χ3n) is 6.03. The lowest BCUT2D eigenvalue weighted by molar-refractivity contribution is 0.261. The van der Waals surface area contributed by atoms with Crippen LogP contribution in [0, 0.1) is 11.3 Å². The highest BCUT2D eigenvalue weighted by atomic mass is 35.5. The number of halogens is 1. The van der Waals surface area contributed by atoms with Crippen molar-refractivity contribution in [2.24, 2.45) is 7.05 Å². The summed E-state index contributed by atoms with van der Waals surface area (Å²) >= 11 is 6.31. The number of aryl methyl sites for hydroxylation is 1. The Hall–Kier alpha value is -3.21. The molecule has 1 fully saturated rings. The highest BCUT2D eigenvalue weighted by molar-refractivity contribution is 6.31. The fraction of sp³-hybridized carbons (Fsp3) is 0.304. The van der Waals surface area contributed by atoms with Crippen LogP contribution < -0.4 is 10.7 Å². The lowest BCUT2D eigenvalue weighted by atomic mass is 10.1. The molecule has 0 saturated carbocycles. The molecule has 1 aliphatic rings. The van der Waals surface area contributed by atoms with Crippen LogP contribution in [0.2, 0.25) is 5.02 Å². The smallest absolute Gasteiger partial charge is 0.419 e. The van der Waals surface area contributed by atoms with Crippen LogP contribution in [-0.4, -0.2) is 42.2 Å². The molecule has 0 N–H and O–H groups in total. The minimum atomic E-state index is -0.385. The van der Waals surface area contributed by atoms with Crippen molar-refractivity contribution in [1.82, 2.24) is 9.47 Å². The first-order valence-corrected chi connectivity index (χ1v) is 10.6. The highest BCUT2D eigenvalue weighted by Crippen LogP contribution is 2.31.